The second-order valence-electron chi connectivity index (χ2n) is 8.82. The van der Waals surface area contributed by atoms with Crippen LogP contribution in [0.3, 0.4) is 0 Å². The quantitative estimate of drug-likeness (QED) is 0.119. The molecule has 202 valence electrons. The molecule has 4 aromatic rings. The zero-order valence-electron chi connectivity index (χ0n) is 19.6. The van der Waals surface area contributed by atoms with E-state index in [0.29, 0.717) is 32.4 Å². The van der Waals surface area contributed by atoms with Crippen LogP contribution in [0.2, 0.25) is 0 Å². The number of anilines is 2. The fourth-order valence-electron chi connectivity index (χ4n) is 4.53. The van der Waals surface area contributed by atoms with Crippen molar-refractivity contribution in [3.63, 3.8) is 0 Å². The predicted molar refractivity (Wildman–Crippen MR) is 134 cm³/mol. The number of nitrogens with zero attached hydrogens (tertiary/aromatic N) is 8. The standard InChI is InChI=1S/C20H24N10O6S2/c21-19-25-15-13(23-5-29(15)11-1-7(33)9(3-31)35-11)17(27-19)37-38-18-14-16(26-20(22)28-18)30(6-24-14)12-2-8(34)10(4-32)36-12/h5-12,31-34H,1-4H2,(H2,21,25,27)(H2,22,26,28)/t7-,8-,9-,10-,11-,12+/m0/s1. The van der Waals surface area contributed by atoms with E-state index in [4.69, 9.17) is 20.9 Å². The number of nitrogens with two attached hydrogens (primary N) is 2. The van der Waals surface area contributed by atoms with Crippen molar-refractivity contribution in [2.24, 2.45) is 0 Å². The largest absolute Gasteiger partial charge is 0.394 e. The molecule has 38 heavy (non-hydrogen) atoms. The van der Waals surface area contributed by atoms with E-state index in [2.05, 4.69) is 29.9 Å². The van der Waals surface area contributed by atoms with E-state index in [1.54, 1.807) is 9.13 Å². The lowest BCUT2D eigenvalue weighted by molar-refractivity contribution is -0.0432. The smallest absolute Gasteiger partial charge is 0.223 e. The molecule has 2 aliphatic heterocycles. The molecule has 18 heteroatoms. The molecule has 2 fully saturated rings. The van der Waals surface area contributed by atoms with Crippen LogP contribution in [-0.2, 0) is 9.47 Å². The maximum atomic E-state index is 10.1. The van der Waals surface area contributed by atoms with Crippen LogP contribution in [-0.4, -0.2) is 97.1 Å². The summed E-state index contributed by atoms with van der Waals surface area (Å²) in [5.74, 6) is 0.0400. The molecular formula is C20H24N10O6S2. The van der Waals surface area contributed by atoms with Crippen LogP contribution >= 0.6 is 21.6 Å². The van der Waals surface area contributed by atoms with E-state index in [1.807, 2.05) is 0 Å². The summed E-state index contributed by atoms with van der Waals surface area (Å²) < 4.78 is 14.8. The van der Waals surface area contributed by atoms with Gasteiger partial charge in [0, 0.05) is 12.8 Å². The number of nitrogen functional groups attached to an aromatic ring is 2. The highest BCUT2D eigenvalue weighted by atomic mass is 33.1. The Morgan fingerprint density at radius 3 is 1.55 bits per heavy atom. The molecule has 0 saturated carbocycles. The van der Waals surface area contributed by atoms with E-state index in [0.717, 1.165) is 0 Å². The van der Waals surface area contributed by atoms with Gasteiger partial charge in [-0.15, -0.1) is 0 Å². The number of aliphatic hydroxyl groups is 4. The third-order valence-corrected chi connectivity index (χ3v) is 8.57. The van der Waals surface area contributed by atoms with Gasteiger partial charge >= 0.3 is 0 Å². The number of rotatable bonds is 7. The zero-order valence-corrected chi connectivity index (χ0v) is 21.2. The Bertz CT molecular complexity index is 1380. The maximum Gasteiger partial charge on any atom is 0.223 e. The molecule has 0 spiro atoms. The maximum absolute atomic E-state index is 10.1. The van der Waals surface area contributed by atoms with Gasteiger partial charge in [-0.3, -0.25) is 9.13 Å². The highest BCUT2D eigenvalue weighted by molar-refractivity contribution is 8.76. The van der Waals surface area contributed by atoms with Crippen molar-refractivity contribution in [1.29, 1.82) is 0 Å². The Labute approximate surface area is 221 Å². The van der Waals surface area contributed by atoms with Gasteiger partial charge in [0.2, 0.25) is 11.9 Å². The number of hydrogen-bond donors (Lipinski definition) is 6. The molecule has 0 radical (unpaired) electrons. The van der Waals surface area contributed by atoms with Gasteiger partial charge in [0.25, 0.3) is 0 Å². The summed E-state index contributed by atoms with van der Waals surface area (Å²) in [6.07, 6.45) is -0.575. The van der Waals surface area contributed by atoms with E-state index in [1.165, 1.54) is 34.2 Å². The normalized spacial score (nSPS) is 27.7. The molecule has 6 rings (SSSR count). The molecule has 0 aromatic carbocycles. The highest BCUT2D eigenvalue weighted by Crippen LogP contribution is 2.42. The van der Waals surface area contributed by atoms with Crippen molar-refractivity contribution in [3.8, 4) is 0 Å². The minimum atomic E-state index is -0.816. The Hall–Kier alpha value is -2.84. The van der Waals surface area contributed by atoms with Crippen LogP contribution in [0, 0.1) is 0 Å². The first-order chi connectivity index (χ1) is 18.4. The SMILES string of the molecule is Nc1nc(SSc2nc(N)nc3c2ncn3[C@H]2C[C@H](O)[C@H](CO)O2)c2ncn([C@@H]3C[C@H](O)[C@H](CO)O3)c2n1. The Balaban J connectivity index is 1.28. The van der Waals surface area contributed by atoms with Crippen molar-refractivity contribution in [2.75, 3.05) is 24.7 Å². The van der Waals surface area contributed by atoms with Gasteiger partial charge in [-0.25, -0.2) is 19.9 Å². The molecule has 2 aliphatic rings. The lowest BCUT2D eigenvalue weighted by Crippen LogP contribution is -2.24. The first kappa shape index (κ1) is 25.4. The summed E-state index contributed by atoms with van der Waals surface area (Å²) in [4.78, 5) is 26.2. The van der Waals surface area contributed by atoms with Gasteiger partial charge in [-0.1, -0.05) is 0 Å². The van der Waals surface area contributed by atoms with E-state index in [9.17, 15) is 20.4 Å². The molecule has 6 heterocycles. The van der Waals surface area contributed by atoms with Crippen LogP contribution < -0.4 is 11.5 Å². The van der Waals surface area contributed by atoms with Gasteiger partial charge < -0.3 is 41.4 Å². The number of imidazole rings is 2. The number of aromatic nitrogens is 8. The van der Waals surface area contributed by atoms with Crippen LogP contribution in [0.1, 0.15) is 25.3 Å². The fourth-order valence-corrected chi connectivity index (χ4v) is 6.57. The van der Waals surface area contributed by atoms with Gasteiger partial charge in [0.1, 0.15) is 45.7 Å². The fraction of sp³-hybridized carbons (Fsp3) is 0.500. The van der Waals surface area contributed by atoms with Crippen molar-refractivity contribution in [2.45, 2.75) is 59.8 Å². The first-order valence-electron chi connectivity index (χ1n) is 11.6. The van der Waals surface area contributed by atoms with Gasteiger partial charge in [-0.05, 0) is 21.6 Å². The van der Waals surface area contributed by atoms with Crippen molar-refractivity contribution in [1.82, 2.24) is 39.0 Å². The van der Waals surface area contributed by atoms with Crippen molar-refractivity contribution < 1.29 is 29.9 Å². The molecule has 0 unspecified atom stereocenters. The molecule has 4 aromatic heterocycles. The summed E-state index contributed by atoms with van der Waals surface area (Å²) in [6, 6.07) is 0. The molecule has 2 saturated heterocycles. The van der Waals surface area contributed by atoms with E-state index in [-0.39, 0.29) is 38.0 Å². The monoisotopic (exact) mass is 564 g/mol. The minimum absolute atomic E-state index is 0.0200. The van der Waals surface area contributed by atoms with Gasteiger partial charge in [-0.2, -0.15) is 9.97 Å². The predicted octanol–water partition coefficient (Wildman–Crippen LogP) is -0.789. The topological polar surface area (TPSA) is 239 Å². The summed E-state index contributed by atoms with van der Waals surface area (Å²) in [7, 11) is 2.46. The second-order valence-corrected chi connectivity index (χ2v) is 10.9. The van der Waals surface area contributed by atoms with E-state index >= 15 is 0 Å². The van der Waals surface area contributed by atoms with Crippen LogP contribution in [0.25, 0.3) is 22.3 Å². The Morgan fingerprint density at radius 1 is 0.763 bits per heavy atom. The Kier molecular flexibility index (Phi) is 6.72. The lowest BCUT2D eigenvalue weighted by Gasteiger charge is -2.14. The number of hydrogen-bond acceptors (Lipinski definition) is 16. The van der Waals surface area contributed by atoms with E-state index < -0.39 is 36.9 Å². The molecule has 0 aliphatic carbocycles. The highest BCUT2D eigenvalue weighted by Gasteiger charge is 2.37. The summed E-state index contributed by atoms with van der Waals surface area (Å²) in [5.41, 5.74) is 13.8. The Morgan fingerprint density at radius 2 is 1.18 bits per heavy atom. The third-order valence-electron chi connectivity index (χ3n) is 6.40. The average Bonchev–Trinajstić information content (AvgIpc) is 3.66. The second kappa shape index (κ2) is 10.0. The first-order valence-corrected chi connectivity index (χ1v) is 13.7. The van der Waals surface area contributed by atoms with Crippen molar-refractivity contribution >= 4 is 55.8 Å². The number of fused-ring (bicyclic) bond motifs is 2. The number of ether oxygens (including phenoxy) is 2. The van der Waals surface area contributed by atoms with Crippen molar-refractivity contribution in [3.05, 3.63) is 12.7 Å². The lowest BCUT2D eigenvalue weighted by atomic mass is 10.2. The van der Waals surface area contributed by atoms with Crippen LogP contribution in [0.15, 0.2) is 22.7 Å². The third kappa shape index (κ3) is 4.41. The van der Waals surface area contributed by atoms with Gasteiger partial charge in [0.05, 0.1) is 38.1 Å². The molecule has 0 bridgehead atoms. The van der Waals surface area contributed by atoms with Crippen LogP contribution in [0.4, 0.5) is 11.9 Å². The molecule has 16 nitrogen and oxygen atoms in total. The summed E-state index contributed by atoms with van der Waals surface area (Å²) in [5, 5.41) is 40.0. The summed E-state index contributed by atoms with van der Waals surface area (Å²) in [6.45, 7) is -0.609. The number of aliphatic hydroxyl groups excluding tert-OH is 4. The van der Waals surface area contributed by atoms with Crippen LogP contribution in [0.5, 0.6) is 0 Å². The van der Waals surface area contributed by atoms with Gasteiger partial charge in [0.15, 0.2) is 11.3 Å². The zero-order chi connectivity index (χ0) is 26.6. The molecule has 8 N–H and O–H groups in total. The minimum Gasteiger partial charge on any atom is -0.394 e. The average molecular weight is 565 g/mol. The molecular weight excluding hydrogens is 540 g/mol. The molecule has 6 atom stereocenters. The molecule has 0 amide bonds. The summed E-state index contributed by atoms with van der Waals surface area (Å²) >= 11 is 0.